The van der Waals surface area contributed by atoms with E-state index in [1.54, 1.807) is 0 Å². The van der Waals surface area contributed by atoms with Crippen LogP contribution in [0.25, 0.3) is 0 Å². The van der Waals surface area contributed by atoms with Crippen molar-refractivity contribution in [1.29, 1.82) is 0 Å². The lowest BCUT2D eigenvalue weighted by Gasteiger charge is -2.41. The van der Waals surface area contributed by atoms with Crippen molar-refractivity contribution in [2.45, 2.75) is 224 Å². The summed E-state index contributed by atoms with van der Waals surface area (Å²) in [6.07, 6.45) is 37.1. The van der Waals surface area contributed by atoms with Crippen LogP contribution >= 0.6 is 7.82 Å². The SMILES string of the molecule is CCCCC/C=C\C/C=C\C/C=C\CCCCCCC(=O)O[C@H](COC(=O)CCCCCCCCCCCCCCCCC)COP(=O)(O)OCCNC[C@@]1(O)OC[C@@H](O)[C@@H](O)[C@@H]1O. The maximum Gasteiger partial charge on any atom is 0.472 e. The Morgan fingerprint density at radius 2 is 1.14 bits per heavy atom. The topological polar surface area (TPSA) is 211 Å². The Hall–Kier alpha value is -1.97. The Morgan fingerprint density at radius 3 is 1.70 bits per heavy atom. The molecule has 0 radical (unpaired) electrons. The number of carbonyl (C=O) groups is 2. The van der Waals surface area contributed by atoms with Gasteiger partial charge in [0.05, 0.1) is 26.4 Å². The molecule has 0 amide bonds. The molecule has 1 heterocycles. The summed E-state index contributed by atoms with van der Waals surface area (Å²) in [6.45, 7) is 2.32. The molecule has 64 heavy (non-hydrogen) atoms. The van der Waals surface area contributed by atoms with E-state index in [0.29, 0.717) is 12.8 Å². The van der Waals surface area contributed by atoms with Crippen LogP contribution in [0.2, 0.25) is 0 Å². The van der Waals surface area contributed by atoms with E-state index in [-0.39, 0.29) is 39.1 Å². The monoisotopic (exact) mass is 932 g/mol. The number of carbonyl (C=O) groups excluding carboxylic acids is 2. The summed E-state index contributed by atoms with van der Waals surface area (Å²) in [7, 11) is -4.66. The van der Waals surface area contributed by atoms with Crippen molar-refractivity contribution in [3.8, 4) is 0 Å². The molecule has 6 atom stereocenters. The fraction of sp³-hybridized carbons (Fsp3) is 0.837. The van der Waals surface area contributed by atoms with Crippen LogP contribution < -0.4 is 5.32 Å². The van der Waals surface area contributed by atoms with E-state index in [2.05, 4.69) is 55.6 Å². The van der Waals surface area contributed by atoms with Gasteiger partial charge in [0.15, 0.2) is 6.10 Å². The van der Waals surface area contributed by atoms with Crippen LogP contribution in [0.4, 0.5) is 0 Å². The van der Waals surface area contributed by atoms with Gasteiger partial charge < -0.3 is 44.8 Å². The number of hydrogen-bond donors (Lipinski definition) is 6. The fourth-order valence-electron chi connectivity index (χ4n) is 7.20. The molecule has 1 rings (SSSR count). The highest BCUT2D eigenvalue weighted by Crippen LogP contribution is 2.43. The van der Waals surface area contributed by atoms with E-state index < -0.39 is 63.2 Å². The molecule has 1 fully saturated rings. The molecule has 14 nitrogen and oxygen atoms in total. The highest BCUT2D eigenvalue weighted by molar-refractivity contribution is 7.47. The van der Waals surface area contributed by atoms with Crippen LogP contribution in [-0.4, -0.2) is 107 Å². The molecular weight excluding hydrogens is 842 g/mol. The molecule has 0 spiro atoms. The third-order valence-electron chi connectivity index (χ3n) is 11.3. The van der Waals surface area contributed by atoms with Crippen molar-refractivity contribution < 1.29 is 62.7 Å². The molecule has 0 aromatic carbocycles. The zero-order valence-electron chi connectivity index (χ0n) is 39.8. The molecule has 0 aromatic rings. The number of phosphoric acid groups is 1. The highest BCUT2D eigenvalue weighted by atomic mass is 31.2. The van der Waals surface area contributed by atoms with Crippen LogP contribution in [0.3, 0.4) is 0 Å². The summed E-state index contributed by atoms with van der Waals surface area (Å²) in [4.78, 5) is 35.7. The van der Waals surface area contributed by atoms with E-state index in [4.69, 9.17) is 23.3 Å². The summed E-state index contributed by atoms with van der Waals surface area (Å²) in [5, 5.41) is 42.7. The first-order valence-corrected chi connectivity index (χ1v) is 26.5. The molecule has 6 N–H and O–H groups in total. The van der Waals surface area contributed by atoms with Gasteiger partial charge in [0, 0.05) is 19.4 Å². The molecule has 0 aliphatic carbocycles. The first-order chi connectivity index (χ1) is 30.9. The van der Waals surface area contributed by atoms with E-state index in [0.717, 1.165) is 64.2 Å². The summed E-state index contributed by atoms with van der Waals surface area (Å²) in [6, 6.07) is 0. The molecule has 0 saturated carbocycles. The van der Waals surface area contributed by atoms with Gasteiger partial charge in [-0.15, -0.1) is 0 Å². The second-order valence-electron chi connectivity index (χ2n) is 17.3. The van der Waals surface area contributed by atoms with Crippen LogP contribution in [0, 0.1) is 0 Å². The minimum Gasteiger partial charge on any atom is -0.462 e. The van der Waals surface area contributed by atoms with Gasteiger partial charge in [-0.3, -0.25) is 18.6 Å². The zero-order valence-corrected chi connectivity index (χ0v) is 40.7. The van der Waals surface area contributed by atoms with Crippen LogP contribution in [0.5, 0.6) is 0 Å². The average molecular weight is 932 g/mol. The standard InChI is InChI=1S/C49H90NO13P/c1-3-5-7-9-11-13-15-17-19-20-22-24-26-28-30-32-34-36-46(53)63-43(39-59-45(52)35-33-31-29-27-25-23-21-18-16-14-12-10-8-6-4-2)40-62-64(57,58)61-38-37-50-42-49(56)48(55)47(54)44(51)41-60-49/h11,13,17,19,22,24,43-44,47-48,50-51,54-56H,3-10,12,14-16,18,20-21,23,25-42H2,1-2H3,(H,57,58)/b13-11-,19-17-,24-22-/t43-,44-,47-,48+,49-/m1/s1. The molecule has 1 aliphatic rings. The third-order valence-corrected chi connectivity index (χ3v) is 12.2. The quantitative estimate of drug-likeness (QED) is 0.0146. The summed E-state index contributed by atoms with van der Waals surface area (Å²) in [5.41, 5.74) is 0. The number of unbranched alkanes of at least 4 members (excludes halogenated alkanes) is 21. The number of esters is 2. The van der Waals surface area contributed by atoms with Crippen molar-refractivity contribution in [2.24, 2.45) is 0 Å². The number of aliphatic hydroxyl groups is 4. The Bertz CT molecular complexity index is 1280. The average Bonchev–Trinajstić information content (AvgIpc) is 3.27. The number of phosphoric ester groups is 1. The van der Waals surface area contributed by atoms with Gasteiger partial charge in [0.2, 0.25) is 5.79 Å². The molecule has 374 valence electrons. The lowest BCUT2D eigenvalue weighted by Crippen LogP contribution is -2.64. The smallest absolute Gasteiger partial charge is 0.462 e. The predicted octanol–water partition coefficient (Wildman–Crippen LogP) is 9.60. The third kappa shape index (κ3) is 33.5. The van der Waals surface area contributed by atoms with Gasteiger partial charge in [0.1, 0.15) is 24.9 Å². The lowest BCUT2D eigenvalue weighted by atomic mass is 9.97. The summed E-state index contributed by atoms with van der Waals surface area (Å²) < 4.78 is 38.8. The number of aliphatic hydroxyl groups excluding tert-OH is 3. The first kappa shape index (κ1) is 60.0. The molecule has 0 bridgehead atoms. The second kappa shape index (κ2) is 40.1. The number of nitrogens with one attached hydrogen (secondary N) is 1. The number of allylic oxidation sites excluding steroid dienone is 6. The maximum atomic E-state index is 12.8. The Labute approximate surface area is 386 Å². The molecule has 1 aliphatic heterocycles. The number of hydrogen-bond acceptors (Lipinski definition) is 13. The minimum atomic E-state index is -4.66. The normalized spacial score (nSPS) is 20.6. The largest absolute Gasteiger partial charge is 0.472 e. The number of rotatable bonds is 43. The fourth-order valence-corrected chi connectivity index (χ4v) is 7.95. The summed E-state index contributed by atoms with van der Waals surface area (Å²) in [5.74, 6) is -3.18. The van der Waals surface area contributed by atoms with Gasteiger partial charge in [0.25, 0.3) is 0 Å². The van der Waals surface area contributed by atoms with Gasteiger partial charge in [-0.1, -0.05) is 166 Å². The zero-order chi connectivity index (χ0) is 47.0. The molecule has 0 aromatic heterocycles. The van der Waals surface area contributed by atoms with Gasteiger partial charge in [-0.05, 0) is 51.4 Å². The van der Waals surface area contributed by atoms with Crippen LogP contribution in [0.15, 0.2) is 36.5 Å². The molecule has 15 heteroatoms. The van der Waals surface area contributed by atoms with Crippen molar-refractivity contribution in [1.82, 2.24) is 5.32 Å². The first-order valence-electron chi connectivity index (χ1n) is 25.0. The van der Waals surface area contributed by atoms with Gasteiger partial charge in [-0.2, -0.15) is 0 Å². The predicted molar refractivity (Wildman–Crippen MR) is 252 cm³/mol. The van der Waals surface area contributed by atoms with Crippen molar-refractivity contribution in [3.05, 3.63) is 36.5 Å². The van der Waals surface area contributed by atoms with E-state index in [1.807, 2.05) is 0 Å². The lowest BCUT2D eigenvalue weighted by molar-refractivity contribution is -0.317. The van der Waals surface area contributed by atoms with Crippen LogP contribution in [0.1, 0.15) is 194 Å². The van der Waals surface area contributed by atoms with Crippen molar-refractivity contribution >= 4 is 19.8 Å². The molecular formula is C49H90NO13P. The van der Waals surface area contributed by atoms with Crippen molar-refractivity contribution in [3.63, 3.8) is 0 Å². The Balaban J connectivity index is 2.42. The van der Waals surface area contributed by atoms with Crippen LogP contribution in [-0.2, 0) is 37.4 Å². The summed E-state index contributed by atoms with van der Waals surface area (Å²) >= 11 is 0. The molecule has 1 saturated heterocycles. The Kier molecular flexibility index (Phi) is 37.7. The van der Waals surface area contributed by atoms with E-state index in [1.165, 1.54) is 89.9 Å². The number of ether oxygens (including phenoxy) is 3. The van der Waals surface area contributed by atoms with E-state index >= 15 is 0 Å². The Morgan fingerprint density at radius 1 is 0.672 bits per heavy atom. The van der Waals surface area contributed by atoms with Gasteiger partial charge >= 0.3 is 19.8 Å². The maximum absolute atomic E-state index is 12.8. The second-order valence-corrected chi connectivity index (χ2v) is 18.7. The minimum absolute atomic E-state index is 0.0920. The van der Waals surface area contributed by atoms with Crippen molar-refractivity contribution in [2.75, 3.05) is 39.5 Å². The van der Waals surface area contributed by atoms with E-state index in [9.17, 15) is 39.5 Å². The molecule has 1 unspecified atom stereocenters. The van der Waals surface area contributed by atoms with Gasteiger partial charge in [-0.25, -0.2) is 4.57 Å². The highest BCUT2D eigenvalue weighted by Gasteiger charge is 2.48.